The molecule has 3 aliphatic rings. The second kappa shape index (κ2) is 11.8. The van der Waals surface area contributed by atoms with Crippen molar-refractivity contribution in [2.75, 3.05) is 19.6 Å². The van der Waals surface area contributed by atoms with Gasteiger partial charge in [-0.2, -0.15) is 0 Å². The van der Waals surface area contributed by atoms with Crippen LogP contribution in [-0.4, -0.2) is 41.0 Å². The fourth-order valence-electron chi connectivity index (χ4n) is 5.42. The van der Waals surface area contributed by atoms with Gasteiger partial charge < -0.3 is 15.1 Å². The number of rotatable bonds is 8. The maximum atomic E-state index is 13.3. The molecule has 0 unspecified atom stereocenters. The molecule has 4 nitrogen and oxygen atoms in total. The third-order valence-electron chi connectivity index (χ3n) is 7.04. The normalized spacial score (nSPS) is 20.7. The molecule has 1 spiro atoms. The average Bonchev–Trinajstić information content (AvgIpc) is 2.99. The van der Waals surface area contributed by atoms with Crippen LogP contribution in [-0.2, 0) is 0 Å². The van der Waals surface area contributed by atoms with Crippen LogP contribution >= 0.6 is 0 Å². The van der Waals surface area contributed by atoms with Gasteiger partial charge in [0.15, 0.2) is 0 Å². The van der Waals surface area contributed by atoms with Crippen molar-refractivity contribution in [2.24, 2.45) is 5.92 Å². The van der Waals surface area contributed by atoms with Crippen molar-refractivity contribution in [1.82, 2.24) is 15.1 Å². The van der Waals surface area contributed by atoms with Crippen LogP contribution in [0, 0.1) is 5.92 Å². The number of amides is 2. The van der Waals surface area contributed by atoms with Crippen LogP contribution in [0.25, 0.3) is 0 Å². The summed E-state index contributed by atoms with van der Waals surface area (Å²) in [5, 5.41) is 3.60. The SMILES string of the molecule is C=C(CN1CC2(CCCCC2)N(CCCC)C1=O)NC1=C(C(C)C)CCC=C1C.CC. The van der Waals surface area contributed by atoms with Gasteiger partial charge in [0.25, 0.3) is 0 Å². The van der Waals surface area contributed by atoms with E-state index >= 15 is 0 Å². The second-order valence-corrected chi connectivity index (χ2v) is 9.64. The first-order valence-electron chi connectivity index (χ1n) is 12.8. The van der Waals surface area contributed by atoms with Gasteiger partial charge in [-0.05, 0) is 56.1 Å². The summed E-state index contributed by atoms with van der Waals surface area (Å²) in [6, 6.07) is 0.220. The Morgan fingerprint density at radius 3 is 2.52 bits per heavy atom. The van der Waals surface area contributed by atoms with Crippen LogP contribution in [0.3, 0.4) is 0 Å². The summed E-state index contributed by atoms with van der Waals surface area (Å²) in [5.41, 5.74) is 5.02. The number of hydrogen-bond donors (Lipinski definition) is 1. The largest absolute Gasteiger partial charge is 0.358 e. The van der Waals surface area contributed by atoms with E-state index in [0.717, 1.165) is 57.3 Å². The van der Waals surface area contributed by atoms with E-state index in [9.17, 15) is 4.79 Å². The van der Waals surface area contributed by atoms with Gasteiger partial charge in [0.1, 0.15) is 0 Å². The number of urea groups is 1. The van der Waals surface area contributed by atoms with Crippen LogP contribution in [0.1, 0.15) is 99.3 Å². The highest BCUT2D eigenvalue weighted by molar-refractivity contribution is 5.78. The first-order valence-corrected chi connectivity index (χ1v) is 12.8. The molecule has 1 saturated carbocycles. The van der Waals surface area contributed by atoms with E-state index in [2.05, 4.69) is 50.6 Å². The Kier molecular flexibility index (Phi) is 9.71. The zero-order valence-corrected chi connectivity index (χ0v) is 21.1. The van der Waals surface area contributed by atoms with E-state index < -0.39 is 0 Å². The van der Waals surface area contributed by atoms with Gasteiger partial charge in [-0.25, -0.2) is 4.79 Å². The maximum Gasteiger partial charge on any atom is 0.320 e. The maximum absolute atomic E-state index is 13.3. The summed E-state index contributed by atoms with van der Waals surface area (Å²) in [5.74, 6) is 0.525. The van der Waals surface area contributed by atoms with Crippen molar-refractivity contribution in [3.63, 3.8) is 0 Å². The molecular weight excluding hydrogens is 382 g/mol. The molecule has 0 aromatic carbocycles. The lowest BCUT2D eigenvalue weighted by atomic mass is 9.81. The third-order valence-corrected chi connectivity index (χ3v) is 7.04. The average molecular weight is 430 g/mol. The second-order valence-electron chi connectivity index (χ2n) is 9.64. The topological polar surface area (TPSA) is 35.6 Å². The zero-order valence-electron chi connectivity index (χ0n) is 21.1. The number of nitrogens with one attached hydrogen (secondary N) is 1. The smallest absolute Gasteiger partial charge is 0.320 e. The van der Waals surface area contributed by atoms with E-state index in [1.807, 2.05) is 18.7 Å². The number of nitrogens with zero attached hydrogens (tertiary/aromatic N) is 2. The molecule has 1 saturated heterocycles. The molecule has 176 valence electrons. The van der Waals surface area contributed by atoms with Crippen molar-refractivity contribution < 1.29 is 4.79 Å². The lowest BCUT2D eigenvalue weighted by molar-refractivity contribution is 0.118. The molecule has 0 bridgehead atoms. The van der Waals surface area contributed by atoms with Gasteiger partial charge in [0.2, 0.25) is 0 Å². The van der Waals surface area contributed by atoms with E-state index in [1.54, 1.807) is 0 Å². The molecular formula is C27H47N3O. The third kappa shape index (κ3) is 5.96. The van der Waals surface area contributed by atoms with Gasteiger partial charge in [-0.1, -0.05) is 73.0 Å². The Labute approximate surface area is 191 Å². The van der Waals surface area contributed by atoms with E-state index in [1.165, 1.54) is 36.1 Å². The Bertz CT molecular complexity index is 683. The molecule has 1 N–H and O–H groups in total. The number of hydrogen-bond acceptors (Lipinski definition) is 2. The number of carbonyl (C=O) groups excluding carboxylic acids is 1. The van der Waals surface area contributed by atoms with Gasteiger partial charge >= 0.3 is 6.03 Å². The standard InChI is InChI=1S/C25H41N3O.C2H6/c1-6-7-16-28-24(29)27(18-25(28)14-9-8-10-15-25)17-21(5)26-23-20(4)12-11-13-22(23)19(2)3;1-2/h12,19,26H,5-11,13-18H2,1-4H3;1-2H3. The van der Waals surface area contributed by atoms with Gasteiger partial charge in [0.05, 0.1) is 12.1 Å². The fraction of sp³-hybridized carbons (Fsp3) is 0.741. The van der Waals surface area contributed by atoms with Gasteiger partial charge in [-0.3, -0.25) is 0 Å². The molecule has 3 rings (SSSR count). The van der Waals surface area contributed by atoms with Gasteiger partial charge in [0, 0.05) is 24.5 Å². The highest BCUT2D eigenvalue weighted by Crippen LogP contribution is 2.40. The molecule has 2 aliphatic carbocycles. The van der Waals surface area contributed by atoms with E-state index in [4.69, 9.17) is 0 Å². The van der Waals surface area contributed by atoms with Crippen molar-refractivity contribution in [3.8, 4) is 0 Å². The minimum Gasteiger partial charge on any atom is -0.358 e. The molecule has 0 aromatic heterocycles. The van der Waals surface area contributed by atoms with Crippen molar-refractivity contribution in [3.05, 3.63) is 35.2 Å². The summed E-state index contributed by atoms with van der Waals surface area (Å²) in [7, 11) is 0. The molecule has 2 fully saturated rings. The first-order chi connectivity index (χ1) is 14.9. The number of carbonyl (C=O) groups is 1. The molecule has 0 atom stereocenters. The predicted octanol–water partition coefficient (Wildman–Crippen LogP) is 7.01. The van der Waals surface area contributed by atoms with Crippen molar-refractivity contribution in [1.29, 1.82) is 0 Å². The fourth-order valence-corrected chi connectivity index (χ4v) is 5.42. The Morgan fingerprint density at radius 1 is 1.23 bits per heavy atom. The summed E-state index contributed by atoms with van der Waals surface area (Å²) in [4.78, 5) is 17.6. The highest BCUT2D eigenvalue weighted by atomic mass is 16.2. The van der Waals surface area contributed by atoms with Crippen LogP contribution in [0.2, 0.25) is 0 Å². The Balaban J connectivity index is 0.00000166. The molecule has 1 aliphatic heterocycles. The van der Waals surface area contributed by atoms with E-state index in [-0.39, 0.29) is 11.6 Å². The number of unbranched alkanes of at least 4 members (excludes halogenated alkanes) is 1. The lowest BCUT2D eigenvalue weighted by Gasteiger charge is -2.40. The first kappa shape index (κ1) is 25.5. The van der Waals surface area contributed by atoms with Crippen molar-refractivity contribution >= 4 is 6.03 Å². The molecule has 31 heavy (non-hydrogen) atoms. The van der Waals surface area contributed by atoms with Crippen molar-refractivity contribution in [2.45, 2.75) is 105 Å². The minimum atomic E-state index is 0.0633. The lowest BCUT2D eigenvalue weighted by Crippen LogP contribution is -2.48. The highest BCUT2D eigenvalue weighted by Gasteiger charge is 2.49. The molecule has 4 heteroatoms. The minimum absolute atomic E-state index is 0.0633. The quantitative estimate of drug-likeness (QED) is 0.450. The summed E-state index contributed by atoms with van der Waals surface area (Å²) >= 11 is 0. The van der Waals surface area contributed by atoms with E-state index in [0.29, 0.717) is 12.5 Å². The number of allylic oxidation sites excluding steroid dienone is 3. The summed E-state index contributed by atoms with van der Waals surface area (Å²) < 4.78 is 0. The monoisotopic (exact) mass is 429 g/mol. The zero-order chi connectivity index (χ0) is 23.0. The predicted molar refractivity (Wildman–Crippen MR) is 133 cm³/mol. The summed E-state index contributed by atoms with van der Waals surface area (Å²) in [6.45, 7) is 19.6. The Morgan fingerprint density at radius 2 is 1.90 bits per heavy atom. The van der Waals surface area contributed by atoms with Crippen LogP contribution in [0.15, 0.2) is 35.2 Å². The summed E-state index contributed by atoms with van der Waals surface area (Å²) in [6.07, 6.45) is 12.9. The molecule has 0 aromatic rings. The van der Waals surface area contributed by atoms with Crippen LogP contribution < -0.4 is 5.32 Å². The van der Waals surface area contributed by atoms with Crippen LogP contribution in [0.5, 0.6) is 0 Å². The molecule has 2 amide bonds. The van der Waals surface area contributed by atoms with Gasteiger partial charge in [-0.15, -0.1) is 0 Å². The van der Waals surface area contributed by atoms with Crippen LogP contribution in [0.4, 0.5) is 4.79 Å². The molecule has 1 heterocycles. The Hall–Kier alpha value is -1.71. The molecule has 0 radical (unpaired) electrons.